The molecule has 0 N–H and O–H groups in total. The third kappa shape index (κ3) is 4.66. The van der Waals surface area contributed by atoms with Gasteiger partial charge in [-0.25, -0.2) is 0 Å². The van der Waals surface area contributed by atoms with E-state index in [9.17, 15) is 9.59 Å². The molecule has 0 fully saturated rings. The number of hydrogen-bond donors (Lipinski definition) is 0. The third-order valence-electron chi connectivity index (χ3n) is 8.99. The molecule has 0 saturated carbocycles. The molecule has 0 aliphatic heterocycles. The Bertz CT molecular complexity index is 2030. The van der Waals surface area contributed by atoms with Crippen LogP contribution in [0.1, 0.15) is 51.4 Å². The molecule has 0 radical (unpaired) electrons. The number of fused-ring (bicyclic) bond motifs is 4. The van der Waals surface area contributed by atoms with Crippen molar-refractivity contribution in [1.82, 2.24) is 0 Å². The van der Waals surface area contributed by atoms with Crippen molar-refractivity contribution in [2.75, 3.05) is 0 Å². The van der Waals surface area contributed by atoms with Crippen LogP contribution in [0.3, 0.4) is 0 Å². The summed E-state index contributed by atoms with van der Waals surface area (Å²) < 4.78 is 13.1. The number of carbonyl (C=O) groups excluding carboxylic acids is 2. The Kier molecular flexibility index (Phi) is 6.82. The second-order valence-corrected chi connectivity index (χ2v) is 16.3. The maximum atomic E-state index is 14.5. The van der Waals surface area contributed by atoms with Gasteiger partial charge in [0, 0.05) is 0 Å². The van der Waals surface area contributed by atoms with Crippen LogP contribution in [-0.4, -0.2) is 11.9 Å². The summed E-state index contributed by atoms with van der Waals surface area (Å²) in [5, 5.41) is 3.47. The van der Waals surface area contributed by atoms with Crippen molar-refractivity contribution in [3.05, 3.63) is 179 Å². The maximum absolute atomic E-state index is 14.5. The Morgan fingerprint density at radius 1 is 0.467 bits per heavy atom. The Morgan fingerprint density at radius 2 is 0.867 bits per heavy atom. The van der Waals surface area contributed by atoms with Crippen molar-refractivity contribution < 1.29 is 33.6 Å². The number of hydrogen-bond acceptors (Lipinski definition) is 4. The fourth-order valence-electron chi connectivity index (χ4n) is 6.88. The molecule has 0 heterocycles. The van der Waals surface area contributed by atoms with Crippen molar-refractivity contribution in [1.29, 1.82) is 0 Å². The van der Waals surface area contributed by atoms with Gasteiger partial charge in [-0.3, -0.25) is 0 Å². The van der Waals surface area contributed by atoms with Crippen LogP contribution in [-0.2, 0) is 24.0 Å². The van der Waals surface area contributed by atoms with E-state index < -0.39 is 29.3 Å². The summed E-state index contributed by atoms with van der Waals surface area (Å²) in [5.74, 6) is -0.957. The Balaban J connectivity index is 1.34. The molecular formula is C40H28O4Ti. The van der Waals surface area contributed by atoms with Gasteiger partial charge < -0.3 is 0 Å². The van der Waals surface area contributed by atoms with Crippen LogP contribution in [0.4, 0.5) is 0 Å². The van der Waals surface area contributed by atoms with Gasteiger partial charge >= 0.3 is 267 Å². The summed E-state index contributed by atoms with van der Waals surface area (Å²) in [6.45, 7) is 0. The van der Waals surface area contributed by atoms with E-state index in [0.717, 1.165) is 43.8 Å². The van der Waals surface area contributed by atoms with Crippen LogP contribution in [0, 0.1) is 0 Å². The number of carbonyl (C=O) groups is 2. The van der Waals surface area contributed by atoms with E-state index in [1.54, 1.807) is 12.1 Å². The van der Waals surface area contributed by atoms with Gasteiger partial charge in [-0.15, -0.1) is 0 Å². The summed E-state index contributed by atoms with van der Waals surface area (Å²) >= 11 is -4.75. The van der Waals surface area contributed by atoms with Crippen molar-refractivity contribution >= 4 is 45.6 Å². The van der Waals surface area contributed by atoms with E-state index in [2.05, 4.69) is 48.6 Å². The first kappa shape index (κ1) is 27.5. The molecule has 2 aliphatic carbocycles. The molecule has 0 bridgehead atoms. The molecule has 5 heteroatoms. The summed E-state index contributed by atoms with van der Waals surface area (Å²) in [7, 11) is 0. The Hall–Kier alpha value is -5.03. The first-order chi connectivity index (χ1) is 22.1. The molecule has 45 heavy (non-hydrogen) atoms. The fourth-order valence-corrected chi connectivity index (χ4v) is 12.9. The fraction of sp³-hybridized carbons (Fsp3) is 0.0500. The van der Waals surface area contributed by atoms with Gasteiger partial charge in [-0.2, -0.15) is 0 Å². The van der Waals surface area contributed by atoms with Crippen LogP contribution in [0.5, 0.6) is 0 Å². The number of rotatable bonds is 6. The number of benzene rings is 6. The van der Waals surface area contributed by atoms with E-state index in [1.807, 2.05) is 97.1 Å². The molecule has 2 aliphatic rings. The number of allylic oxidation sites excluding steroid dienone is 2. The monoisotopic (exact) mass is 620 g/mol. The van der Waals surface area contributed by atoms with Crippen molar-refractivity contribution in [3.63, 3.8) is 0 Å². The first-order valence-corrected chi connectivity index (χ1v) is 18.2. The van der Waals surface area contributed by atoms with Gasteiger partial charge in [0.1, 0.15) is 0 Å². The summed E-state index contributed by atoms with van der Waals surface area (Å²) in [6.07, 6.45) is 8.27. The van der Waals surface area contributed by atoms with E-state index in [1.165, 1.54) is 0 Å². The second-order valence-electron chi connectivity index (χ2n) is 11.5. The average molecular weight is 621 g/mol. The molecule has 4 nitrogen and oxygen atoms in total. The molecule has 0 amide bonds. The van der Waals surface area contributed by atoms with Gasteiger partial charge in [0.25, 0.3) is 0 Å². The molecular weight excluding hydrogens is 592 g/mol. The van der Waals surface area contributed by atoms with Crippen LogP contribution in [0.25, 0.3) is 33.7 Å². The van der Waals surface area contributed by atoms with E-state index in [-0.39, 0.29) is 8.45 Å². The van der Waals surface area contributed by atoms with E-state index in [4.69, 9.17) is 6.64 Å². The summed E-state index contributed by atoms with van der Waals surface area (Å²) in [4.78, 5) is 29.1. The van der Waals surface area contributed by atoms with Crippen molar-refractivity contribution in [2.45, 2.75) is 8.45 Å². The summed E-state index contributed by atoms with van der Waals surface area (Å²) in [5.41, 5.74) is 4.99. The third-order valence-corrected chi connectivity index (χ3v) is 14.8. The predicted octanol–water partition coefficient (Wildman–Crippen LogP) is 9.53. The van der Waals surface area contributed by atoms with Gasteiger partial charge in [-0.05, 0) is 0 Å². The quantitative estimate of drug-likeness (QED) is 0.174. The zero-order chi connectivity index (χ0) is 30.4. The molecule has 2 unspecified atom stereocenters. The van der Waals surface area contributed by atoms with Gasteiger partial charge in [0.05, 0.1) is 0 Å². The van der Waals surface area contributed by atoms with Crippen LogP contribution >= 0.6 is 0 Å². The molecule has 8 rings (SSSR count). The first-order valence-electron chi connectivity index (χ1n) is 15.1. The Morgan fingerprint density at radius 3 is 1.36 bits per heavy atom. The van der Waals surface area contributed by atoms with Crippen LogP contribution < -0.4 is 0 Å². The van der Waals surface area contributed by atoms with Gasteiger partial charge in [0.2, 0.25) is 0 Å². The molecule has 0 aromatic heterocycles. The normalized spacial score (nSPS) is 16.4. The SMILES string of the molecule is O=C([O][Ti]([O]C(=O)c1cccc2ccccc12)([CH]1C=Cc2ccccc21)[CH]1C=Cc2ccccc21)c1cccc2ccccc12. The standard InChI is InChI=1S/2C11H8O2.2C9H7.Ti/c2*12-11(13)10-7-3-5-8-4-1-2-6-9(8)10;2*1-2-5-9-7-3-6-8(9)4-1;/h2*1-7H,(H,12,13);2*1-7H;/q;;;;+2/p-2. The molecule has 0 spiro atoms. The van der Waals surface area contributed by atoms with E-state index >= 15 is 0 Å². The zero-order valence-electron chi connectivity index (χ0n) is 24.3. The van der Waals surface area contributed by atoms with E-state index in [0.29, 0.717) is 11.1 Å². The molecule has 216 valence electrons. The topological polar surface area (TPSA) is 52.6 Å². The minimum atomic E-state index is -4.75. The zero-order valence-corrected chi connectivity index (χ0v) is 25.9. The average Bonchev–Trinajstić information content (AvgIpc) is 3.73. The molecule has 2 atom stereocenters. The predicted molar refractivity (Wildman–Crippen MR) is 175 cm³/mol. The summed E-state index contributed by atoms with van der Waals surface area (Å²) in [6, 6.07) is 43.0. The van der Waals surface area contributed by atoms with Crippen LogP contribution in [0.15, 0.2) is 146 Å². The van der Waals surface area contributed by atoms with Gasteiger partial charge in [-0.1, -0.05) is 0 Å². The van der Waals surface area contributed by atoms with Crippen molar-refractivity contribution in [3.8, 4) is 0 Å². The Labute approximate surface area is 265 Å². The van der Waals surface area contributed by atoms with Gasteiger partial charge in [0.15, 0.2) is 0 Å². The second kappa shape index (κ2) is 11.2. The molecule has 6 aromatic rings. The molecule has 0 saturated heterocycles. The minimum absolute atomic E-state index is 0.389. The van der Waals surface area contributed by atoms with Crippen LogP contribution in [0.2, 0.25) is 0 Å². The molecule has 6 aromatic carbocycles. The van der Waals surface area contributed by atoms with Crippen molar-refractivity contribution in [2.24, 2.45) is 0 Å².